The topological polar surface area (TPSA) is 153 Å². The van der Waals surface area contributed by atoms with Gasteiger partial charge in [-0.1, -0.05) is 18.2 Å². The molecule has 4 rings (SSSR count). The molecule has 1 atom stereocenters. The van der Waals surface area contributed by atoms with E-state index in [9.17, 15) is 14.4 Å². The fraction of sp³-hybridized carbons (Fsp3) is 0.432. The lowest BCUT2D eigenvalue weighted by molar-refractivity contribution is -0.124. The average Bonchev–Trinajstić information content (AvgIpc) is 3.10. The number of amides is 3. The van der Waals surface area contributed by atoms with Gasteiger partial charge in [0.15, 0.2) is 0 Å². The lowest BCUT2D eigenvalue weighted by Crippen LogP contribution is -2.53. The van der Waals surface area contributed by atoms with E-state index in [0.29, 0.717) is 72.4 Å². The molecule has 0 bridgehead atoms. The minimum atomic E-state index is -0.372. The van der Waals surface area contributed by atoms with Gasteiger partial charge in [-0.25, -0.2) is 0 Å². The molecular formula is C37H50N6O6. The fourth-order valence-electron chi connectivity index (χ4n) is 5.74. The van der Waals surface area contributed by atoms with Gasteiger partial charge >= 0.3 is 0 Å². The summed E-state index contributed by atoms with van der Waals surface area (Å²) in [5.41, 5.74) is 14.1. The predicted octanol–water partition coefficient (Wildman–Crippen LogP) is 3.91. The molecule has 3 amide bonds. The Hall–Kier alpha value is -4.65. The molecule has 1 aliphatic rings. The summed E-state index contributed by atoms with van der Waals surface area (Å²) >= 11 is 0. The number of rotatable bonds is 17. The van der Waals surface area contributed by atoms with E-state index in [0.717, 1.165) is 44.6 Å². The zero-order valence-electron chi connectivity index (χ0n) is 29.1. The van der Waals surface area contributed by atoms with Crippen molar-refractivity contribution < 1.29 is 28.6 Å². The molecule has 0 saturated carbocycles. The second-order valence-corrected chi connectivity index (χ2v) is 12.3. The van der Waals surface area contributed by atoms with Gasteiger partial charge in [-0.2, -0.15) is 0 Å². The smallest absolute Gasteiger partial charge is 0.259 e. The van der Waals surface area contributed by atoms with Gasteiger partial charge in [-0.15, -0.1) is 0 Å². The van der Waals surface area contributed by atoms with Gasteiger partial charge in [-0.05, 0) is 94.2 Å². The van der Waals surface area contributed by atoms with Crippen LogP contribution in [0.3, 0.4) is 0 Å². The Bertz CT molecular complexity index is 1570. The Labute approximate surface area is 289 Å². The van der Waals surface area contributed by atoms with Crippen LogP contribution in [0, 0.1) is 6.92 Å². The minimum absolute atomic E-state index is 0.278. The quantitative estimate of drug-likeness (QED) is 0.181. The monoisotopic (exact) mass is 674 g/mol. The summed E-state index contributed by atoms with van der Waals surface area (Å²) in [5, 5.41) is 2.87. The number of nitrogens with zero attached hydrogens (tertiary/aromatic N) is 3. The molecule has 0 radical (unpaired) electrons. The molecule has 264 valence electrons. The van der Waals surface area contributed by atoms with Crippen molar-refractivity contribution in [3.63, 3.8) is 0 Å². The lowest BCUT2D eigenvalue weighted by Gasteiger charge is -2.36. The maximum atomic E-state index is 13.7. The van der Waals surface area contributed by atoms with Gasteiger partial charge in [0, 0.05) is 38.8 Å². The largest absolute Gasteiger partial charge is 0.495 e. The number of methoxy groups -OCH3 is 1. The van der Waals surface area contributed by atoms with E-state index in [4.69, 9.17) is 25.7 Å². The molecule has 12 nitrogen and oxygen atoms in total. The van der Waals surface area contributed by atoms with Crippen LogP contribution in [0.5, 0.6) is 17.2 Å². The first-order chi connectivity index (χ1) is 23.6. The van der Waals surface area contributed by atoms with E-state index < -0.39 is 0 Å². The SMILES string of the molecule is COc1cc(C(=O)N(C)c2ccc(C)cc2OCCCCC(C(N)=O)N2CCN(C)CC2)ccc1NC(=O)c1ccccc1OCCCN. The molecule has 1 heterocycles. The normalized spacial score (nSPS) is 14.1. The van der Waals surface area contributed by atoms with E-state index >= 15 is 0 Å². The van der Waals surface area contributed by atoms with Crippen LogP contribution >= 0.6 is 0 Å². The Morgan fingerprint density at radius 1 is 0.898 bits per heavy atom. The van der Waals surface area contributed by atoms with Gasteiger partial charge in [0.1, 0.15) is 17.2 Å². The van der Waals surface area contributed by atoms with Crippen LogP contribution < -0.4 is 35.9 Å². The number of carbonyl (C=O) groups excluding carboxylic acids is 3. The van der Waals surface area contributed by atoms with E-state index in [-0.39, 0.29) is 23.8 Å². The summed E-state index contributed by atoms with van der Waals surface area (Å²) < 4.78 is 17.5. The standard InChI is InChI=1S/C37H50N6O6/c1-26-13-16-30(34(24-26)49-22-8-7-11-31(35(39)44)43-20-18-41(2)19-21-43)42(3)37(46)27-14-15-29(33(25-27)47-4)40-36(45)28-10-5-6-12-32(28)48-23-9-17-38/h5-6,10,12-16,24-25,31H,7-9,11,17-23,38H2,1-4H3,(H2,39,44)(H,40,45). The Kier molecular flexibility index (Phi) is 13.8. The number of primary amides is 1. The first-order valence-electron chi connectivity index (χ1n) is 16.8. The Morgan fingerprint density at radius 2 is 1.61 bits per heavy atom. The van der Waals surface area contributed by atoms with E-state index in [1.54, 1.807) is 49.5 Å². The third-order valence-corrected chi connectivity index (χ3v) is 8.65. The number of carbonyl (C=O) groups is 3. The number of benzene rings is 3. The molecule has 3 aromatic carbocycles. The molecule has 1 aliphatic heterocycles. The van der Waals surface area contributed by atoms with Gasteiger partial charge in [0.05, 0.1) is 43.3 Å². The summed E-state index contributed by atoms with van der Waals surface area (Å²) in [5.74, 6) is 0.443. The molecule has 0 spiro atoms. The van der Waals surface area contributed by atoms with Crippen LogP contribution in [0.2, 0.25) is 0 Å². The van der Waals surface area contributed by atoms with Crippen molar-refractivity contribution in [2.24, 2.45) is 11.5 Å². The third kappa shape index (κ3) is 10.2. The number of para-hydroxylation sites is 1. The highest BCUT2D eigenvalue weighted by Crippen LogP contribution is 2.32. The van der Waals surface area contributed by atoms with Crippen LogP contribution in [0.1, 0.15) is 52.0 Å². The summed E-state index contributed by atoms with van der Waals surface area (Å²) in [6.07, 6.45) is 2.86. The highest BCUT2D eigenvalue weighted by molar-refractivity contribution is 6.09. The Balaban J connectivity index is 1.39. The fourth-order valence-corrected chi connectivity index (χ4v) is 5.74. The van der Waals surface area contributed by atoms with Crippen molar-refractivity contribution in [3.8, 4) is 17.2 Å². The number of unbranched alkanes of at least 4 members (excludes halogenated alkanes) is 1. The maximum absolute atomic E-state index is 13.7. The van der Waals surface area contributed by atoms with Crippen molar-refractivity contribution in [2.45, 2.75) is 38.6 Å². The number of likely N-dealkylation sites (N-methyl/N-ethyl adjacent to an activating group) is 1. The third-order valence-electron chi connectivity index (χ3n) is 8.65. The van der Waals surface area contributed by atoms with Crippen molar-refractivity contribution in [1.82, 2.24) is 9.80 Å². The molecule has 1 unspecified atom stereocenters. The van der Waals surface area contributed by atoms with E-state index in [1.807, 2.05) is 25.1 Å². The van der Waals surface area contributed by atoms with E-state index in [1.165, 1.54) is 12.0 Å². The maximum Gasteiger partial charge on any atom is 0.259 e. The zero-order chi connectivity index (χ0) is 35.3. The number of aryl methyl sites for hydroxylation is 1. The van der Waals surface area contributed by atoms with Crippen molar-refractivity contribution in [1.29, 1.82) is 0 Å². The molecule has 1 saturated heterocycles. The van der Waals surface area contributed by atoms with Crippen LogP contribution in [0.15, 0.2) is 60.7 Å². The van der Waals surface area contributed by atoms with Gasteiger partial charge in [-0.3, -0.25) is 19.3 Å². The highest BCUT2D eigenvalue weighted by Gasteiger charge is 2.26. The second kappa shape index (κ2) is 18.2. The average molecular weight is 675 g/mol. The van der Waals surface area contributed by atoms with Crippen LogP contribution in [0.4, 0.5) is 11.4 Å². The first-order valence-corrected chi connectivity index (χ1v) is 16.8. The van der Waals surface area contributed by atoms with Crippen LogP contribution in [-0.2, 0) is 4.79 Å². The number of piperazine rings is 1. The zero-order valence-corrected chi connectivity index (χ0v) is 29.1. The molecular weight excluding hydrogens is 624 g/mol. The number of nitrogens with two attached hydrogens (primary N) is 2. The van der Waals surface area contributed by atoms with Crippen molar-refractivity contribution in [3.05, 3.63) is 77.4 Å². The number of ether oxygens (including phenoxy) is 3. The molecule has 3 aromatic rings. The molecule has 0 aromatic heterocycles. The van der Waals surface area contributed by atoms with Crippen LogP contribution in [0.25, 0.3) is 0 Å². The molecule has 12 heteroatoms. The van der Waals surface area contributed by atoms with Gasteiger partial charge in [0.25, 0.3) is 11.8 Å². The van der Waals surface area contributed by atoms with Crippen molar-refractivity contribution >= 4 is 29.1 Å². The lowest BCUT2D eigenvalue weighted by atomic mass is 10.1. The first kappa shape index (κ1) is 37.2. The van der Waals surface area contributed by atoms with Crippen LogP contribution in [-0.4, -0.2) is 101 Å². The molecule has 5 N–H and O–H groups in total. The predicted molar refractivity (Wildman–Crippen MR) is 192 cm³/mol. The Morgan fingerprint density at radius 3 is 2.33 bits per heavy atom. The summed E-state index contributed by atoms with van der Waals surface area (Å²) in [4.78, 5) is 45.1. The summed E-state index contributed by atoms with van der Waals surface area (Å²) in [6.45, 7) is 6.78. The molecule has 49 heavy (non-hydrogen) atoms. The number of nitrogens with one attached hydrogen (secondary N) is 1. The summed E-state index contributed by atoms with van der Waals surface area (Å²) in [6, 6.07) is 17.3. The van der Waals surface area contributed by atoms with E-state index in [2.05, 4.69) is 22.2 Å². The minimum Gasteiger partial charge on any atom is -0.495 e. The molecule has 1 fully saturated rings. The highest BCUT2D eigenvalue weighted by atomic mass is 16.5. The molecule has 0 aliphatic carbocycles. The second-order valence-electron chi connectivity index (χ2n) is 12.3. The van der Waals surface area contributed by atoms with Gasteiger partial charge in [0.2, 0.25) is 5.91 Å². The summed E-state index contributed by atoms with van der Waals surface area (Å²) in [7, 11) is 5.25. The number of anilines is 2. The van der Waals surface area contributed by atoms with Crippen molar-refractivity contribution in [2.75, 3.05) is 77.4 Å². The van der Waals surface area contributed by atoms with Gasteiger partial charge < -0.3 is 40.8 Å². The number of hydrogen-bond donors (Lipinski definition) is 3. The number of hydrogen-bond acceptors (Lipinski definition) is 9.